The summed E-state index contributed by atoms with van der Waals surface area (Å²) in [5, 5.41) is 5.35. The summed E-state index contributed by atoms with van der Waals surface area (Å²) in [5.74, 6) is 0. The van der Waals surface area contributed by atoms with Gasteiger partial charge in [0, 0.05) is 27.3 Å². The Morgan fingerprint density at radius 2 is 1.07 bits per heavy atom. The van der Waals surface area contributed by atoms with Crippen molar-refractivity contribution in [1.82, 2.24) is 4.57 Å². The molecule has 41 heavy (non-hydrogen) atoms. The highest BCUT2D eigenvalue weighted by atomic mass is 15.0. The van der Waals surface area contributed by atoms with Crippen molar-refractivity contribution in [3.05, 3.63) is 138 Å². The lowest BCUT2D eigenvalue weighted by Gasteiger charge is -2.25. The van der Waals surface area contributed by atoms with E-state index in [1.807, 2.05) is 0 Å². The first-order chi connectivity index (χ1) is 19.9. The highest BCUT2D eigenvalue weighted by Crippen LogP contribution is 2.56. The molecule has 0 saturated heterocycles. The van der Waals surface area contributed by atoms with E-state index in [9.17, 15) is 0 Å². The van der Waals surface area contributed by atoms with Gasteiger partial charge in [-0.1, -0.05) is 125 Å². The summed E-state index contributed by atoms with van der Waals surface area (Å²) in [5.41, 5.74) is 14.8. The molecule has 1 heterocycles. The number of hydrogen-bond acceptors (Lipinski definition) is 0. The molecule has 0 spiro atoms. The van der Waals surface area contributed by atoms with Gasteiger partial charge < -0.3 is 4.57 Å². The van der Waals surface area contributed by atoms with E-state index < -0.39 is 0 Å². The number of para-hydroxylation sites is 1. The molecule has 1 nitrogen and oxygen atoms in total. The van der Waals surface area contributed by atoms with Crippen LogP contribution >= 0.6 is 0 Å². The van der Waals surface area contributed by atoms with Gasteiger partial charge in [0.2, 0.25) is 0 Å². The molecule has 2 aliphatic rings. The van der Waals surface area contributed by atoms with E-state index in [0.29, 0.717) is 0 Å². The molecule has 0 saturated carbocycles. The standard InChI is InChI=1S/C40H31N/c1-39(2)31-18-10-7-13-25(31)30-23-24(21-22-33(30)39)41-34-20-12-9-17-29(34)36-27-15-6-5-14-26(27)35-28-16-8-11-19-32(28)40(3,4)37(35)38(36)41/h5-23H,1-4H3. The molecule has 0 atom stereocenters. The van der Waals surface area contributed by atoms with Crippen molar-refractivity contribution >= 4 is 32.6 Å². The molecule has 7 aromatic rings. The molecule has 0 aliphatic heterocycles. The fraction of sp³-hybridized carbons (Fsp3) is 0.150. The predicted molar refractivity (Wildman–Crippen MR) is 173 cm³/mol. The molecule has 0 radical (unpaired) electrons. The van der Waals surface area contributed by atoms with Crippen LogP contribution in [-0.2, 0) is 10.8 Å². The van der Waals surface area contributed by atoms with Gasteiger partial charge in [0.1, 0.15) is 0 Å². The number of fused-ring (bicyclic) bond motifs is 13. The zero-order valence-corrected chi connectivity index (χ0v) is 23.9. The van der Waals surface area contributed by atoms with Gasteiger partial charge in [0.15, 0.2) is 0 Å². The van der Waals surface area contributed by atoms with Crippen LogP contribution in [0.2, 0.25) is 0 Å². The number of rotatable bonds is 1. The second-order valence-corrected chi connectivity index (χ2v) is 12.9. The van der Waals surface area contributed by atoms with Crippen LogP contribution in [0.3, 0.4) is 0 Å². The lowest BCUT2D eigenvalue weighted by atomic mass is 9.80. The minimum atomic E-state index is -0.133. The molecule has 0 N–H and O–H groups in total. The molecule has 0 bridgehead atoms. The summed E-state index contributed by atoms with van der Waals surface area (Å²) in [6, 6.07) is 43.2. The van der Waals surface area contributed by atoms with Gasteiger partial charge >= 0.3 is 0 Å². The van der Waals surface area contributed by atoms with Crippen molar-refractivity contribution in [2.45, 2.75) is 38.5 Å². The summed E-state index contributed by atoms with van der Waals surface area (Å²) in [7, 11) is 0. The van der Waals surface area contributed by atoms with E-state index >= 15 is 0 Å². The van der Waals surface area contributed by atoms with E-state index in [-0.39, 0.29) is 10.8 Å². The van der Waals surface area contributed by atoms with Crippen molar-refractivity contribution < 1.29 is 0 Å². The van der Waals surface area contributed by atoms with Crippen molar-refractivity contribution in [2.24, 2.45) is 0 Å². The summed E-state index contributed by atoms with van der Waals surface area (Å²) >= 11 is 0. The van der Waals surface area contributed by atoms with Gasteiger partial charge in [0.05, 0.1) is 11.0 Å². The topological polar surface area (TPSA) is 4.93 Å². The van der Waals surface area contributed by atoms with Gasteiger partial charge in [-0.15, -0.1) is 0 Å². The Hall–Kier alpha value is -4.62. The molecule has 6 aromatic carbocycles. The molecule has 196 valence electrons. The fourth-order valence-corrected chi connectivity index (χ4v) is 8.31. The molecule has 9 rings (SSSR count). The fourth-order valence-electron chi connectivity index (χ4n) is 8.31. The second kappa shape index (κ2) is 7.56. The maximum Gasteiger partial charge on any atom is 0.0594 e. The van der Waals surface area contributed by atoms with Crippen LogP contribution in [-0.4, -0.2) is 4.57 Å². The first kappa shape index (κ1) is 23.1. The van der Waals surface area contributed by atoms with Gasteiger partial charge in [-0.3, -0.25) is 0 Å². The van der Waals surface area contributed by atoms with Crippen LogP contribution < -0.4 is 0 Å². The van der Waals surface area contributed by atoms with Crippen molar-refractivity contribution in [3.63, 3.8) is 0 Å². The first-order valence-corrected chi connectivity index (χ1v) is 14.7. The lowest BCUT2D eigenvalue weighted by Crippen LogP contribution is -2.17. The summed E-state index contributed by atoms with van der Waals surface area (Å²) < 4.78 is 2.57. The van der Waals surface area contributed by atoms with Gasteiger partial charge in [-0.2, -0.15) is 0 Å². The van der Waals surface area contributed by atoms with Crippen LogP contribution in [0.15, 0.2) is 115 Å². The van der Waals surface area contributed by atoms with Crippen molar-refractivity contribution in [1.29, 1.82) is 0 Å². The largest absolute Gasteiger partial charge is 0.309 e. The first-order valence-electron chi connectivity index (χ1n) is 14.7. The summed E-state index contributed by atoms with van der Waals surface area (Å²) in [6.45, 7) is 9.54. The maximum atomic E-state index is 2.57. The zero-order chi connectivity index (χ0) is 27.7. The molecule has 0 fully saturated rings. The minimum Gasteiger partial charge on any atom is -0.309 e. The normalized spacial score (nSPS) is 15.7. The van der Waals surface area contributed by atoms with E-state index in [4.69, 9.17) is 0 Å². The molecule has 1 heteroatoms. The van der Waals surface area contributed by atoms with E-state index in [0.717, 1.165) is 0 Å². The Bertz CT molecular complexity index is 2260. The third kappa shape index (κ3) is 2.72. The van der Waals surface area contributed by atoms with Crippen LogP contribution in [0.25, 0.3) is 60.5 Å². The number of benzene rings is 6. The van der Waals surface area contributed by atoms with Gasteiger partial charge in [-0.05, 0) is 73.5 Å². The lowest BCUT2D eigenvalue weighted by molar-refractivity contribution is 0.660. The highest BCUT2D eigenvalue weighted by Gasteiger charge is 2.40. The number of hydrogen-bond donors (Lipinski definition) is 0. The zero-order valence-electron chi connectivity index (χ0n) is 23.9. The van der Waals surface area contributed by atoms with E-state index in [1.165, 1.54) is 82.8 Å². The summed E-state index contributed by atoms with van der Waals surface area (Å²) in [6.07, 6.45) is 0. The molecule has 0 amide bonds. The Labute approximate surface area is 240 Å². The van der Waals surface area contributed by atoms with Crippen molar-refractivity contribution in [3.8, 4) is 27.9 Å². The smallest absolute Gasteiger partial charge is 0.0594 e. The maximum absolute atomic E-state index is 2.57. The third-order valence-electron chi connectivity index (χ3n) is 10.1. The summed E-state index contributed by atoms with van der Waals surface area (Å²) in [4.78, 5) is 0. The van der Waals surface area contributed by atoms with Gasteiger partial charge in [-0.25, -0.2) is 0 Å². The predicted octanol–water partition coefficient (Wildman–Crippen LogP) is 10.5. The second-order valence-electron chi connectivity index (χ2n) is 12.9. The van der Waals surface area contributed by atoms with Crippen LogP contribution in [0.1, 0.15) is 49.9 Å². The SMILES string of the molecule is CC1(C)c2ccccc2-c2cc(-n3c4ccccc4c4c5ccccc5c5c(c43)C(C)(C)c3ccccc3-5)ccc21. The minimum absolute atomic E-state index is 0.00757. The third-order valence-corrected chi connectivity index (χ3v) is 10.1. The molecule has 0 unspecified atom stereocenters. The average Bonchev–Trinajstić information content (AvgIpc) is 3.55. The molecular weight excluding hydrogens is 494 g/mol. The Morgan fingerprint density at radius 1 is 0.488 bits per heavy atom. The Balaban J connectivity index is 1.49. The average molecular weight is 526 g/mol. The Kier molecular flexibility index (Phi) is 4.26. The number of nitrogens with zero attached hydrogens (tertiary/aromatic N) is 1. The molecular formula is C40H31N. The highest BCUT2D eigenvalue weighted by molar-refractivity contribution is 6.27. The van der Waals surface area contributed by atoms with E-state index in [2.05, 4.69) is 148 Å². The van der Waals surface area contributed by atoms with E-state index in [1.54, 1.807) is 0 Å². The van der Waals surface area contributed by atoms with Crippen molar-refractivity contribution in [2.75, 3.05) is 0 Å². The van der Waals surface area contributed by atoms with Crippen LogP contribution in [0, 0.1) is 0 Å². The number of aromatic nitrogens is 1. The monoisotopic (exact) mass is 525 g/mol. The van der Waals surface area contributed by atoms with Crippen LogP contribution in [0.5, 0.6) is 0 Å². The van der Waals surface area contributed by atoms with Crippen LogP contribution in [0.4, 0.5) is 0 Å². The van der Waals surface area contributed by atoms with Gasteiger partial charge in [0.25, 0.3) is 0 Å². The Morgan fingerprint density at radius 3 is 1.85 bits per heavy atom. The quantitative estimate of drug-likeness (QED) is 0.201. The molecule has 2 aliphatic carbocycles. The molecule has 1 aromatic heterocycles.